The first-order valence-corrected chi connectivity index (χ1v) is 5.68. The summed E-state index contributed by atoms with van der Waals surface area (Å²) in [6.07, 6.45) is 2.40. The number of nitrogens with one attached hydrogen (secondary N) is 1. The van der Waals surface area contributed by atoms with Gasteiger partial charge in [-0.2, -0.15) is 0 Å². The Morgan fingerprint density at radius 2 is 2.41 bits per heavy atom. The summed E-state index contributed by atoms with van der Waals surface area (Å²) in [4.78, 5) is 25.2. The van der Waals surface area contributed by atoms with Crippen molar-refractivity contribution in [2.75, 3.05) is 6.54 Å². The molecular weight excluding hydrogens is 222 g/mol. The number of amides is 2. The molecule has 1 aromatic heterocycles. The van der Waals surface area contributed by atoms with Gasteiger partial charge in [0.15, 0.2) is 0 Å². The number of aromatic nitrogens is 1. The highest BCUT2D eigenvalue weighted by Crippen LogP contribution is 2.10. The van der Waals surface area contributed by atoms with Crippen LogP contribution in [0.25, 0.3) is 0 Å². The van der Waals surface area contributed by atoms with Gasteiger partial charge in [-0.05, 0) is 6.42 Å². The molecule has 1 atom stereocenters. The third-order valence-corrected chi connectivity index (χ3v) is 2.81. The smallest absolute Gasteiger partial charge is 0.245 e. The molecule has 6 heteroatoms. The highest BCUT2D eigenvalue weighted by Gasteiger charge is 2.28. The van der Waals surface area contributed by atoms with Gasteiger partial charge in [-0.25, -0.2) is 0 Å². The number of carbonyl (C=O) groups excluding carboxylic acids is 2. The molecule has 1 aliphatic rings. The summed E-state index contributed by atoms with van der Waals surface area (Å²) >= 11 is 0. The first kappa shape index (κ1) is 11.6. The molecular formula is C11H15N3O3. The van der Waals surface area contributed by atoms with Crippen molar-refractivity contribution >= 4 is 11.8 Å². The second-order valence-electron chi connectivity index (χ2n) is 4.03. The number of nitrogens with zero attached hydrogens (tertiary/aromatic N) is 2. The van der Waals surface area contributed by atoms with Crippen molar-refractivity contribution in [1.29, 1.82) is 0 Å². The van der Waals surface area contributed by atoms with Gasteiger partial charge in [-0.3, -0.25) is 9.59 Å². The van der Waals surface area contributed by atoms with E-state index in [-0.39, 0.29) is 11.8 Å². The molecule has 1 aromatic rings. The van der Waals surface area contributed by atoms with Crippen molar-refractivity contribution in [3.63, 3.8) is 0 Å². The van der Waals surface area contributed by atoms with E-state index in [1.165, 1.54) is 6.26 Å². The van der Waals surface area contributed by atoms with Gasteiger partial charge in [-0.1, -0.05) is 12.1 Å². The summed E-state index contributed by atoms with van der Waals surface area (Å²) < 4.78 is 4.73. The van der Waals surface area contributed by atoms with Gasteiger partial charge < -0.3 is 14.7 Å². The van der Waals surface area contributed by atoms with E-state index in [1.54, 1.807) is 11.0 Å². The zero-order valence-corrected chi connectivity index (χ0v) is 9.68. The van der Waals surface area contributed by atoms with Gasteiger partial charge in [0.25, 0.3) is 0 Å². The van der Waals surface area contributed by atoms with Crippen LogP contribution in [0.4, 0.5) is 0 Å². The van der Waals surface area contributed by atoms with E-state index in [1.807, 2.05) is 6.92 Å². The minimum atomic E-state index is -0.420. The Hall–Kier alpha value is -1.85. The third kappa shape index (κ3) is 2.64. The maximum atomic E-state index is 12.1. The molecule has 1 fully saturated rings. The topological polar surface area (TPSA) is 75.4 Å². The van der Waals surface area contributed by atoms with E-state index in [4.69, 9.17) is 4.52 Å². The molecule has 1 aliphatic heterocycles. The molecule has 1 N–H and O–H groups in total. The second-order valence-corrected chi connectivity index (χ2v) is 4.03. The van der Waals surface area contributed by atoms with Crippen molar-refractivity contribution in [2.45, 2.75) is 32.4 Å². The molecule has 6 nitrogen and oxygen atoms in total. The van der Waals surface area contributed by atoms with Crippen LogP contribution >= 0.6 is 0 Å². The lowest BCUT2D eigenvalue weighted by atomic mass is 10.2. The zero-order valence-electron chi connectivity index (χ0n) is 9.68. The SMILES string of the molecule is CCC1NC(=O)CCN(Cc2ccon2)C1=O. The molecule has 1 unspecified atom stereocenters. The predicted molar refractivity (Wildman–Crippen MR) is 58.8 cm³/mol. The fourth-order valence-corrected chi connectivity index (χ4v) is 1.84. The highest BCUT2D eigenvalue weighted by atomic mass is 16.5. The quantitative estimate of drug-likeness (QED) is 0.820. The van der Waals surface area contributed by atoms with Gasteiger partial charge in [-0.15, -0.1) is 0 Å². The van der Waals surface area contributed by atoms with Crippen LogP contribution in [0.5, 0.6) is 0 Å². The highest BCUT2D eigenvalue weighted by molar-refractivity contribution is 5.89. The van der Waals surface area contributed by atoms with E-state index in [2.05, 4.69) is 10.5 Å². The van der Waals surface area contributed by atoms with Crippen molar-refractivity contribution in [3.8, 4) is 0 Å². The average molecular weight is 237 g/mol. The Labute approximate surface area is 98.9 Å². The van der Waals surface area contributed by atoms with Gasteiger partial charge in [0, 0.05) is 19.0 Å². The minimum absolute atomic E-state index is 0.0543. The molecule has 2 heterocycles. The Kier molecular flexibility index (Phi) is 3.41. The van der Waals surface area contributed by atoms with Gasteiger partial charge >= 0.3 is 0 Å². The number of hydrogen-bond donors (Lipinski definition) is 1. The predicted octanol–water partition coefficient (Wildman–Crippen LogP) is 0.302. The van der Waals surface area contributed by atoms with Crippen molar-refractivity contribution < 1.29 is 14.1 Å². The standard InChI is InChI=1S/C11H15N3O3/c1-2-9-11(16)14(5-3-10(15)12-9)7-8-4-6-17-13-8/h4,6,9H,2-3,5,7H2,1H3,(H,12,15). The Morgan fingerprint density at radius 3 is 3.06 bits per heavy atom. The molecule has 0 spiro atoms. The van der Waals surface area contributed by atoms with E-state index >= 15 is 0 Å². The molecule has 0 saturated carbocycles. The monoisotopic (exact) mass is 237 g/mol. The minimum Gasteiger partial charge on any atom is -0.364 e. The summed E-state index contributed by atoms with van der Waals surface area (Å²) in [5, 5.41) is 6.48. The van der Waals surface area contributed by atoms with Gasteiger partial charge in [0.05, 0.1) is 6.54 Å². The average Bonchev–Trinajstić information content (AvgIpc) is 2.78. The number of rotatable bonds is 3. The molecule has 2 rings (SSSR count). The fraction of sp³-hybridized carbons (Fsp3) is 0.545. The summed E-state index contributed by atoms with van der Waals surface area (Å²) in [6.45, 7) is 2.69. The van der Waals surface area contributed by atoms with Crippen LogP contribution in [-0.4, -0.2) is 34.5 Å². The molecule has 0 bridgehead atoms. The number of hydrogen-bond acceptors (Lipinski definition) is 4. The molecule has 0 aliphatic carbocycles. The van der Waals surface area contributed by atoms with Crippen molar-refractivity contribution in [3.05, 3.63) is 18.0 Å². The van der Waals surface area contributed by atoms with Crippen LogP contribution in [0.15, 0.2) is 16.9 Å². The van der Waals surface area contributed by atoms with E-state index < -0.39 is 6.04 Å². The largest absolute Gasteiger partial charge is 0.364 e. The van der Waals surface area contributed by atoms with Crippen LogP contribution < -0.4 is 5.32 Å². The molecule has 0 radical (unpaired) electrons. The lowest BCUT2D eigenvalue weighted by Gasteiger charge is -2.22. The van der Waals surface area contributed by atoms with Crippen LogP contribution in [0.1, 0.15) is 25.5 Å². The summed E-state index contributed by atoms with van der Waals surface area (Å²) in [5.74, 6) is -0.130. The van der Waals surface area contributed by atoms with Crippen molar-refractivity contribution in [2.24, 2.45) is 0 Å². The number of carbonyl (C=O) groups is 2. The maximum Gasteiger partial charge on any atom is 0.245 e. The Balaban J connectivity index is 2.09. The summed E-state index contributed by atoms with van der Waals surface area (Å²) in [6, 6.07) is 1.30. The third-order valence-electron chi connectivity index (χ3n) is 2.81. The first-order chi connectivity index (χ1) is 8.20. The van der Waals surface area contributed by atoms with Crippen LogP contribution in [0, 0.1) is 0 Å². The van der Waals surface area contributed by atoms with E-state index in [9.17, 15) is 9.59 Å². The summed E-state index contributed by atoms with van der Waals surface area (Å²) in [7, 11) is 0. The van der Waals surface area contributed by atoms with Crippen LogP contribution in [0.2, 0.25) is 0 Å². The van der Waals surface area contributed by atoms with E-state index in [0.717, 1.165) is 0 Å². The molecule has 17 heavy (non-hydrogen) atoms. The van der Waals surface area contributed by atoms with Crippen molar-refractivity contribution in [1.82, 2.24) is 15.4 Å². The normalized spacial score (nSPS) is 21.2. The zero-order chi connectivity index (χ0) is 12.3. The van der Waals surface area contributed by atoms with Gasteiger partial charge in [0.1, 0.15) is 18.0 Å². The Morgan fingerprint density at radius 1 is 1.59 bits per heavy atom. The maximum absolute atomic E-state index is 12.1. The second kappa shape index (κ2) is 4.99. The molecule has 2 amide bonds. The fourth-order valence-electron chi connectivity index (χ4n) is 1.84. The first-order valence-electron chi connectivity index (χ1n) is 5.68. The molecule has 92 valence electrons. The molecule has 1 saturated heterocycles. The molecule has 0 aromatic carbocycles. The summed E-state index contributed by atoms with van der Waals surface area (Å²) in [5.41, 5.74) is 0.697. The van der Waals surface area contributed by atoms with Gasteiger partial charge in [0.2, 0.25) is 11.8 Å². The van der Waals surface area contributed by atoms with Crippen LogP contribution in [0.3, 0.4) is 0 Å². The lowest BCUT2D eigenvalue weighted by molar-refractivity contribution is -0.134. The van der Waals surface area contributed by atoms with Crippen LogP contribution in [-0.2, 0) is 16.1 Å². The van der Waals surface area contributed by atoms with E-state index in [0.29, 0.717) is 31.6 Å². The lowest BCUT2D eigenvalue weighted by Crippen LogP contribution is -2.43. The Bertz CT molecular complexity index is 402.